The van der Waals surface area contributed by atoms with Crippen molar-refractivity contribution >= 4 is 11.6 Å². The highest BCUT2D eigenvalue weighted by Crippen LogP contribution is 2.15. The Labute approximate surface area is 101 Å². The maximum absolute atomic E-state index is 13.2. The number of rotatable bonds is 4. The lowest BCUT2D eigenvalue weighted by atomic mass is 10.2. The summed E-state index contributed by atoms with van der Waals surface area (Å²) in [6, 6.07) is 4.10. The Morgan fingerprint density at radius 2 is 2.00 bits per heavy atom. The molecule has 0 unspecified atom stereocenters. The molecule has 100 valence electrons. The van der Waals surface area contributed by atoms with Crippen LogP contribution in [0.15, 0.2) is 18.2 Å². The van der Waals surface area contributed by atoms with Crippen molar-refractivity contribution in [1.82, 2.24) is 5.32 Å². The molecule has 7 heteroatoms. The third-order valence-electron chi connectivity index (χ3n) is 2.01. The SMILES string of the molecule is Cc1ccc(F)c(NC(=O)CNCC(F)(F)F)c1. The molecule has 0 atom stereocenters. The maximum atomic E-state index is 13.2. The minimum absolute atomic E-state index is 0.0474. The first-order chi connectivity index (χ1) is 8.28. The predicted molar refractivity (Wildman–Crippen MR) is 58.7 cm³/mol. The average Bonchev–Trinajstić information content (AvgIpc) is 2.21. The lowest BCUT2D eigenvalue weighted by molar-refractivity contribution is -0.126. The van der Waals surface area contributed by atoms with Crippen LogP contribution in [0.25, 0.3) is 0 Å². The highest BCUT2D eigenvalue weighted by molar-refractivity contribution is 5.92. The number of anilines is 1. The van der Waals surface area contributed by atoms with Gasteiger partial charge in [-0.05, 0) is 24.6 Å². The van der Waals surface area contributed by atoms with Gasteiger partial charge in [-0.3, -0.25) is 4.79 Å². The van der Waals surface area contributed by atoms with E-state index >= 15 is 0 Å². The first kappa shape index (κ1) is 14.4. The summed E-state index contributed by atoms with van der Waals surface area (Å²) in [6.45, 7) is -0.0966. The number of alkyl halides is 3. The summed E-state index contributed by atoms with van der Waals surface area (Å²) in [5.74, 6) is -1.37. The number of hydrogen-bond acceptors (Lipinski definition) is 2. The number of benzene rings is 1. The first-order valence-corrected chi connectivity index (χ1v) is 5.11. The van der Waals surface area contributed by atoms with Gasteiger partial charge < -0.3 is 10.6 Å². The second-order valence-electron chi connectivity index (χ2n) is 3.75. The van der Waals surface area contributed by atoms with E-state index in [2.05, 4.69) is 5.32 Å². The lowest BCUT2D eigenvalue weighted by Crippen LogP contribution is -2.35. The molecule has 0 aliphatic carbocycles. The van der Waals surface area contributed by atoms with Crippen LogP contribution in [-0.2, 0) is 4.79 Å². The van der Waals surface area contributed by atoms with Crippen molar-refractivity contribution in [2.24, 2.45) is 0 Å². The summed E-state index contributed by atoms with van der Waals surface area (Å²) in [7, 11) is 0. The molecule has 0 bridgehead atoms. The second kappa shape index (κ2) is 5.81. The van der Waals surface area contributed by atoms with E-state index in [4.69, 9.17) is 0 Å². The van der Waals surface area contributed by atoms with Gasteiger partial charge in [0.2, 0.25) is 5.91 Å². The zero-order chi connectivity index (χ0) is 13.8. The van der Waals surface area contributed by atoms with Crippen molar-refractivity contribution < 1.29 is 22.4 Å². The molecule has 0 saturated heterocycles. The molecule has 0 aromatic heterocycles. The number of carbonyl (C=O) groups is 1. The number of amides is 1. The van der Waals surface area contributed by atoms with Crippen LogP contribution in [0.1, 0.15) is 5.56 Å². The quantitative estimate of drug-likeness (QED) is 0.819. The van der Waals surface area contributed by atoms with Crippen LogP contribution >= 0.6 is 0 Å². The smallest absolute Gasteiger partial charge is 0.322 e. The van der Waals surface area contributed by atoms with Crippen LogP contribution < -0.4 is 10.6 Å². The first-order valence-electron chi connectivity index (χ1n) is 5.11. The molecule has 0 saturated carbocycles. The van der Waals surface area contributed by atoms with E-state index < -0.39 is 31.0 Å². The number of carbonyl (C=O) groups excluding carboxylic acids is 1. The van der Waals surface area contributed by atoms with E-state index in [9.17, 15) is 22.4 Å². The molecule has 1 aromatic carbocycles. The van der Waals surface area contributed by atoms with Gasteiger partial charge in [0.25, 0.3) is 0 Å². The average molecular weight is 264 g/mol. The predicted octanol–water partition coefficient (Wildman–Crippen LogP) is 2.22. The fraction of sp³-hybridized carbons (Fsp3) is 0.364. The standard InChI is InChI=1S/C11H12F4N2O/c1-7-2-3-8(12)9(4-7)17-10(18)5-16-6-11(13,14)15/h2-4,16H,5-6H2,1H3,(H,17,18). The third-order valence-corrected chi connectivity index (χ3v) is 2.01. The van der Waals surface area contributed by atoms with E-state index in [1.807, 2.05) is 5.32 Å². The van der Waals surface area contributed by atoms with Gasteiger partial charge in [-0.25, -0.2) is 4.39 Å². The van der Waals surface area contributed by atoms with E-state index in [-0.39, 0.29) is 5.69 Å². The zero-order valence-electron chi connectivity index (χ0n) is 9.57. The van der Waals surface area contributed by atoms with Gasteiger partial charge in [-0.15, -0.1) is 0 Å². The second-order valence-corrected chi connectivity index (χ2v) is 3.75. The molecule has 3 nitrogen and oxygen atoms in total. The lowest BCUT2D eigenvalue weighted by Gasteiger charge is -2.09. The van der Waals surface area contributed by atoms with Gasteiger partial charge in [0.1, 0.15) is 5.82 Å². The van der Waals surface area contributed by atoms with E-state index in [0.717, 1.165) is 5.56 Å². The molecule has 0 heterocycles. The normalized spacial score (nSPS) is 11.4. The van der Waals surface area contributed by atoms with Gasteiger partial charge in [0.15, 0.2) is 0 Å². The van der Waals surface area contributed by atoms with Gasteiger partial charge >= 0.3 is 6.18 Å². The third kappa shape index (κ3) is 5.13. The Hall–Kier alpha value is -1.63. The monoisotopic (exact) mass is 264 g/mol. The summed E-state index contributed by atoms with van der Waals surface area (Å²) in [6.07, 6.45) is -4.38. The van der Waals surface area contributed by atoms with Crippen LogP contribution in [0.2, 0.25) is 0 Å². The van der Waals surface area contributed by atoms with Crippen LogP contribution in [0.3, 0.4) is 0 Å². The van der Waals surface area contributed by atoms with Gasteiger partial charge in [0.05, 0.1) is 18.8 Å². The molecule has 18 heavy (non-hydrogen) atoms. The molecule has 1 amide bonds. The number of aryl methyl sites for hydroxylation is 1. The maximum Gasteiger partial charge on any atom is 0.401 e. The van der Waals surface area contributed by atoms with Crippen LogP contribution in [0.5, 0.6) is 0 Å². The Kier molecular flexibility index (Phi) is 4.66. The Bertz CT molecular complexity index is 432. The number of hydrogen-bond donors (Lipinski definition) is 2. The van der Waals surface area contributed by atoms with Crippen molar-refractivity contribution in [2.45, 2.75) is 13.1 Å². The summed E-state index contributed by atoms with van der Waals surface area (Å²) in [5, 5.41) is 4.11. The summed E-state index contributed by atoms with van der Waals surface area (Å²) in [4.78, 5) is 11.3. The van der Waals surface area contributed by atoms with Crippen molar-refractivity contribution in [1.29, 1.82) is 0 Å². The van der Waals surface area contributed by atoms with Gasteiger partial charge in [0, 0.05) is 0 Å². The van der Waals surface area contributed by atoms with Crippen LogP contribution in [-0.4, -0.2) is 25.2 Å². The van der Waals surface area contributed by atoms with Crippen LogP contribution in [0.4, 0.5) is 23.2 Å². The Morgan fingerprint density at radius 3 is 2.61 bits per heavy atom. The fourth-order valence-electron chi connectivity index (χ4n) is 1.25. The highest BCUT2D eigenvalue weighted by atomic mass is 19.4. The Balaban J connectivity index is 2.47. The topological polar surface area (TPSA) is 41.1 Å². The van der Waals surface area contributed by atoms with Gasteiger partial charge in [-0.1, -0.05) is 6.07 Å². The van der Waals surface area contributed by atoms with E-state index in [1.165, 1.54) is 18.2 Å². The molecule has 0 fully saturated rings. The fourth-order valence-corrected chi connectivity index (χ4v) is 1.25. The molecule has 0 aliphatic rings. The van der Waals surface area contributed by atoms with E-state index in [1.54, 1.807) is 6.92 Å². The number of halogens is 4. The largest absolute Gasteiger partial charge is 0.401 e. The minimum Gasteiger partial charge on any atom is -0.322 e. The molecule has 0 aliphatic heterocycles. The van der Waals surface area contributed by atoms with Crippen molar-refractivity contribution in [3.8, 4) is 0 Å². The molecule has 0 spiro atoms. The Morgan fingerprint density at radius 1 is 1.33 bits per heavy atom. The molecule has 0 radical (unpaired) electrons. The zero-order valence-corrected chi connectivity index (χ0v) is 9.57. The van der Waals surface area contributed by atoms with Crippen molar-refractivity contribution in [3.63, 3.8) is 0 Å². The molecular weight excluding hydrogens is 252 g/mol. The van der Waals surface area contributed by atoms with Crippen molar-refractivity contribution in [2.75, 3.05) is 18.4 Å². The molecule has 1 rings (SSSR count). The summed E-state index contributed by atoms with van der Waals surface area (Å²) in [5.41, 5.74) is 0.684. The van der Waals surface area contributed by atoms with Gasteiger partial charge in [-0.2, -0.15) is 13.2 Å². The molecule has 1 aromatic rings. The van der Waals surface area contributed by atoms with E-state index in [0.29, 0.717) is 0 Å². The highest BCUT2D eigenvalue weighted by Gasteiger charge is 2.26. The summed E-state index contributed by atoms with van der Waals surface area (Å²) < 4.78 is 48.6. The molecular formula is C11H12F4N2O. The minimum atomic E-state index is -4.38. The van der Waals surface area contributed by atoms with Crippen molar-refractivity contribution in [3.05, 3.63) is 29.6 Å². The summed E-state index contributed by atoms with van der Waals surface area (Å²) >= 11 is 0. The number of nitrogens with one attached hydrogen (secondary N) is 2. The molecule has 2 N–H and O–H groups in total. The van der Waals surface area contributed by atoms with Crippen LogP contribution in [0, 0.1) is 12.7 Å².